The second kappa shape index (κ2) is 5.47. The highest BCUT2D eigenvalue weighted by atomic mass is 16.5. The predicted molar refractivity (Wildman–Crippen MR) is 85.5 cm³/mol. The average molecular weight is 287 g/mol. The summed E-state index contributed by atoms with van der Waals surface area (Å²) in [5, 5.41) is 9.72. The van der Waals surface area contributed by atoms with Gasteiger partial charge in [-0.25, -0.2) is 0 Å². The third-order valence-corrected chi connectivity index (χ3v) is 5.10. The number of nitrogens with zero attached hydrogens (tertiary/aromatic N) is 1. The summed E-state index contributed by atoms with van der Waals surface area (Å²) in [5.74, 6) is 0.393. The lowest BCUT2D eigenvalue weighted by atomic mass is 9.67. The molecule has 1 saturated heterocycles. The number of allylic oxidation sites excluding steroid dienone is 1. The zero-order chi connectivity index (χ0) is 15.0. The third kappa shape index (κ3) is 2.60. The number of aliphatic hydroxyl groups is 1. The highest BCUT2D eigenvalue weighted by Crippen LogP contribution is 2.50. The molecule has 0 radical (unpaired) electrons. The molecule has 1 aromatic rings. The van der Waals surface area contributed by atoms with Gasteiger partial charge in [-0.2, -0.15) is 0 Å². The van der Waals surface area contributed by atoms with Crippen LogP contribution in [0.15, 0.2) is 35.9 Å². The van der Waals surface area contributed by atoms with E-state index in [0.29, 0.717) is 12.5 Å². The van der Waals surface area contributed by atoms with Gasteiger partial charge in [0.2, 0.25) is 0 Å². The van der Waals surface area contributed by atoms with E-state index in [1.54, 1.807) is 0 Å². The Kier molecular flexibility index (Phi) is 3.80. The molecule has 3 rings (SSSR count). The number of benzene rings is 1. The fraction of sp³-hybridized carbons (Fsp3) is 0.556. The van der Waals surface area contributed by atoms with Crippen molar-refractivity contribution in [3.05, 3.63) is 41.5 Å². The van der Waals surface area contributed by atoms with Crippen LogP contribution in [0.4, 0.5) is 5.69 Å². The fourth-order valence-electron chi connectivity index (χ4n) is 3.55. The molecule has 21 heavy (non-hydrogen) atoms. The number of hydrogen-bond donors (Lipinski definition) is 1. The second-order valence-electron chi connectivity index (χ2n) is 6.84. The first-order chi connectivity index (χ1) is 10.0. The number of aliphatic hydroxyl groups excluding tert-OH is 1. The van der Waals surface area contributed by atoms with Crippen molar-refractivity contribution in [1.82, 2.24) is 0 Å². The molecule has 2 aliphatic rings. The van der Waals surface area contributed by atoms with E-state index < -0.39 is 0 Å². The first-order valence-corrected chi connectivity index (χ1v) is 7.71. The lowest BCUT2D eigenvalue weighted by molar-refractivity contribution is -0.113. The molecule has 1 aliphatic carbocycles. The standard InChI is InChI=1S/C18H25NO2/c1-13-8-9-18(11-20)10-16(13)17(21-12-18)14-4-6-15(7-5-14)19(2)3/h4-8,16-17,20H,9-12H2,1-3H3/t16-,17+,18-/m1/s1. The van der Waals surface area contributed by atoms with E-state index in [9.17, 15) is 5.11 Å². The van der Waals surface area contributed by atoms with E-state index in [2.05, 4.69) is 56.3 Å². The minimum Gasteiger partial charge on any atom is -0.396 e. The van der Waals surface area contributed by atoms with Crippen LogP contribution in [0.2, 0.25) is 0 Å². The second-order valence-corrected chi connectivity index (χ2v) is 6.84. The molecule has 1 aliphatic heterocycles. The molecule has 1 heterocycles. The Morgan fingerprint density at radius 1 is 1.29 bits per heavy atom. The summed E-state index contributed by atoms with van der Waals surface area (Å²) in [7, 11) is 4.10. The Bertz CT molecular complexity index is 535. The Balaban J connectivity index is 1.86. The summed E-state index contributed by atoms with van der Waals surface area (Å²) in [6.45, 7) is 3.07. The molecule has 0 spiro atoms. The molecule has 3 nitrogen and oxygen atoms in total. The molecular weight excluding hydrogens is 262 g/mol. The fourth-order valence-corrected chi connectivity index (χ4v) is 3.55. The Hall–Kier alpha value is -1.32. The van der Waals surface area contributed by atoms with Crippen molar-refractivity contribution in [3.8, 4) is 0 Å². The van der Waals surface area contributed by atoms with Gasteiger partial charge in [-0.3, -0.25) is 0 Å². The molecule has 0 unspecified atom stereocenters. The molecule has 0 saturated carbocycles. The maximum atomic E-state index is 9.72. The minimum atomic E-state index is -0.0513. The molecule has 1 aromatic carbocycles. The van der Waals surface area contributed by atoms with Gasteiger partial charge in [-0.1, -0.05) is 23.8 Å². The summed E-state index contributed by atoms with van der Waals surface area (Å²) in [4.78, 5) is 2.11. The number of ether oxygens (including phenoxy) is 1. The van der Waals surface area contributed by atoms with Gasteiger partial charge in [-0.15, -0.1) is 0 Å². The van der Waals surface area contributed by atoms with Crippen LogP contribution in [0.1, 0.15) is 31.4 Å². The van der Waals surface area contributed by atoms with Crippen molar-refractivity contribution in [2.75, 3.05) is 32.2 Å². The van der Waals surface area contributed by atoms with Gasteiger partial charge in [0.15, 0.2) is 0 Å². The van der Waals surface area contributed by atoms with Crippen molar-refractivity contribution in [2.45, 2.75) is 25.9 Å². The normalized spacial score (nSPS) is 31.7. The molecule has 1 N–H and O–H groups in total. The zero-order valence-electron chi connectivity index (χ0n) is 13.2. The Morgan fingerprint density at radius 2 is 2.00 bits per heavy atom. The summed E-state index contributed by atoms with van der Waals surface area (Å²) >= 11 is 0. The van der Waals surface area contributed by atoms with Gasteiger partial charge in [0.05, 0.1) is 19.3 Å². The van der Waals surface area contributed by atoms with Crippen molar-refractivity contribution >= 4 is 5.69 Å². The number of anilines is 1. The van der Waals surface area contributed by atoms with Crippen LogP contribution in [0, 0.1) is 11.3 Å². The Morgan fingerprint density at radius 3 is 2.62 bits per heavy atom. The van der Waals surface area contributed by atoms with Crippen LogP contribution < -0.4 is 4.90 Å². The van der Waals surface area contributed by atoms with Crippen LogP contribution in [0.25, 0.3) is 0 Å². The summed E-state index contributed by atoms with van der Waals surface area (Å²) in [6.07, 6.45) is 4.40. The summed E-state index contributed by atoms with van der Waals surface area (Å²) in [6, 6.07) is 8.64. The van der Waals surface area contributed by atoms with Gasteiger partial charge >= 0.3 is 0 Å². The maximum Gasteiger partial charge on any atom is 0.0890 e. The number of fused-ring (bicyclic) bond motifs is 2. The van der Waals surface area contributed by atoms with E-state index in [0.717, 1.165) is 12.8 Å². The smallest absolute Gasteiger partial charge is 0.0890 e. The average Bonchev–Trinajstić information content (AvgIpc) is 2.52. The monoisotopic (exact) mass is 287 g/mol. The van der Waals surface area contributed by atoms with E-state index in [-0.39, 0.29) is 18.1 Å². The molecule has 0 amide bonds. The summed E-state index contributed by atoms with van der Waals surface area (Å²) < 4.78 is 6.18. The van der Waals surface area contributed by atoms with E-state index in [4.69, 9.17) is 4.74 Å². The molecule has 0 aromatic heterocycles. The lowest BCUT2D eigenvalue weighted by Crippen LogP contribution is -2.43. The minimum absolute atomic E-state index is 0.0513. The summed E-state index contributed by atoms with van der Waals surface area (Å²) in [5.41, 5.74) is 3.80. The molecule has 2 bridgehead atoms. The third-order valence-electron chi connectivity index (χ3n) is 5.10. The highest BCUT2D eigenvalue weighted by molar-refractivity contribution is 5.46. The van der Waals surface area contributed by atoms with Crippen LogP contribution in [-0.4, -0.2) is 32.4 Å². The topological polar surface area (TPSA) is 32.7 Å². The maximum absolute atomic E-state index is 9.72. The lowest BCUT2D eigenvalue weighted by Gasteiger charge is -2.47. The first kappa shape index (κ1) is 14.6. The molecule has 3 heteroatoms. The van der Waals surface area contributed by atoms with Crippen LogP contribution in [0.5, 0.6) is 0 Å². The first-order valence-electron chi connectivity index (χ1n) is 7.71. The van der Waals surface area contributed by atoms with Crippen molar-refractivity contribution < 1.29 is 9.84 Å². The van der Waals surface area contributed by atoms with Gasteiger partial charge in [0.25, 0.3) is 0 Å². The van der Waals surface area contributed by atoms with Crippen LogP contribution in [0.3, 0.4) is 0 Å². The highest BCUT2D eigenvalue weighted by Gasteiger charge is 2.44. The van der Waals surface area contributed by atoms with E-state index in [1.807, 2.05) is 0 Å². The molecule has 3 atom stereocenters. The van der Waals surface area contributed by atoms with Gasteiger partial charge in [0, 0.05) is 31.1 Å². The van der Waals surface area contributed by atoms with Crippen molar-refractivity contribution in [1.29, 1.82) is 0 Å². The quantitative estimate of drug-likeness (QED) is 0.867. The predicted octanol–water partition coefficient (Wildman–Crippen LogP) is 3.16. The molecule has 114 valence electrons. The van der Waals surface area contributed by atoms with Gasteiger partial charge in [0.1, 0.15) is 0 Å². The van der Waals surface area contributed by atoms with Crippen molar-refractivity contribution in [2.24, 2.45) is 11.3 Å². The van der Waals surface area contributed by atoms with Gasteiger partial charge in [-0.05, 0) is 37.5 Å². The SMILES string of the molecule is CC1=CC[C@@]2(CO)CO[C@@H](c3ccc(N(C)C)cc3)[C@@H]1C2. The van der Waals surface area contributed by atoms with Crippen molar-refractivity contribution in [3.63, 3.8) is 0 Å². The number of rotatable bonds is 3. The van der Waals surface area contributed by atoms with E-state index >= 15 is 0 Å². The van der Waals surface area contributed by atoms with E-state index in [1.165, 1.54) is 16.8 Å². The zero-order valence-corrected chi connectivity index (χ0v) is 13.2. The van der Waals surface area contributed by atoms with Crippen LogP contribution >= 0.6 is 0 Å². The van der Waals surface area contributed by atoms with Gasteiger partial charge < -0.3 is 14.7 Å². The number of hydrogen-bond acceptors (Lipinski definition) is 3. The molecule has 1 fully saturated rings. The molecular formula is C18H25NO2. The van der Waals surface area contributed by atoms with Crippen LogP contribution in [-0.2, 0) is 4.74 Å². The Labute approximate surface area is 127 Å². The largest absolute Gasteiger partial charge is 0.396 e.